The third-order valence-corrected chi connectivity index (χ3v) is 2.95. The molecule has 0 unspecified atom stereocenters. The lowest BCUT2D eigenvalue weighted by Gasteiger charge is -2.22. The van der Waals surface area contributed by atoms with E-state index in [9.17, 15) is 5.11 Å². The summed E-state index contributed by atoms with van der Waals surface area (Å²) < 4.78 is 5.22. The molecule has 1 rings (SSSR count). The van der Waals surface area contributed by atoms with Gasteiger partial charge >= 0.3 is 0 Å². The van der Waals surface area contributed by atoms with E-state index in [1.54, 1.807) is 13.2 Å². The predicted molar refractivity (Wildman–Crippen MR) is 62.2 cm³/mol. The Morgan fingerprint density at radius 1 is 1.47 bits per heavy atom. The van der Waals surface area contributed by atoms with Gasteiger partial charge in [0, 0.05) is 17.7 Å². The maximum Gasteiger partial charge on any atom is 0.107 e. The van der Waals surface area contributed by atoms with Crippen LogP contribution in [0.2, 0.25) is 5.02 Å². The average Bonchev–Trinajstić information content (AvgIpc) is 2.19. The summed E-state index contributed by atoms with van der Waals surface area (Å²) in [6.45, 7) is 3.91. The summed E-state index contributed by atoms with van der Waals surface area (Å²) in [6, 6.07) is 5.60. The van der Waals surface area contributed by atoms with E-state index >= 15 is 0 Å². The topological polar surface area (TPSA) is 29.5 Å². The van der Waals surface area contributed by atoms with E-state index in [0.29, 0.717) is 5.02 Å². The van der Waals surface area contributed by atoms with Crippen LogP contribution in [0.1, 0.15) is 30.6 Å². The fraction of sp³-hybridized carbons (Fsp3) is 0.500. The molecule has 0 aliphatic heterocycles. The number of aryl methyl sites for hydroxylation is 1. The van der Waals surface area contributed by atoms with Crippen molar-refractivity contribution in [2.75, 3.05) is 7.11 Å². The molecule has 0 bridgehead atoms. The summed E-state index contributed by atoms with van der Waals surface area (Å²) in [5.74, 6) is 0. The van der Waals surface area contributed by atoms with Crippen LogP contribution in [0.25, 0.3) is 0 Å². The molecule has 2 atom stereocenters. The molecule has 84 valence electrons. The number of ether oxygens (including phenoxy) is 1. The number of rotatable bonds is 4. The minimum atomic E-state index is -0.659. The molecule has 0 aliphatic rings. The van der Waals surface area contributed by atoms with Gasteiger partial charge in [0.1, 0.15) is 6.10 Å². The number of aliphatic hydroxyl groups is 1. The van der Waals surface area contributed by atoms with Gasteiger partial charge in [-0.1, -0.05) is 30.7 Å². The van der Waals surface area contributed by atoms with Crippen LogP contribution in [0.15, 0.2) is 18.2 Å². The molecule has 0 saturated carbocycles. The van der Waals surface area contributed by atoms with E-state index in [2.05, 4.69) is 0 Å². The first kappa shape index (κ1) is 12.5. The molecule has 1 aromatic carbocycles. The Kier molecular flexibility index (Phi) is 4.58. The molecule has 0 saturated heterocycles. The Labute approximate surface area is 95.8 Å². The molecule has 0 aliphatic carbocycles. The Bertz CT molecular complexity index is 301. The van der Waals surface area contributed by atoms with Crippen molar-refractivity contribution in [3.8, 4) is 0 Å². The SMILES string of the molecule is CC[C@H](OC)[C@@H](O)c1c(C)cccc1Cl. The second kappa shape index (κ2) is 5.50. The minimum absolute atomic E-state index is 0.205. The lowest BCUT2D eigenvalue weighted by Crippen LogP contribution is -2.20. The van der Waals surface area contributed by atoms with Crippen molar-refractivity contribution in [3.63, 3.8) is 0 Å². The molecular weight excluding hydrogens is 212 g/mol. The van der Waals surface area contributed by atoms with Crippen LogP contribution in [0.3, 0.4) is 0 Å². The van der Waals surface area contributed by atoms with Crippen LogP contribution in [0.4, 0.5) is 0 Å². The van der Waals surface area contributed by atoms with Crippen molar-refractivity contribution in [1.29, 1.82) is 0 Å². The summed E-state index contributed by atoms with van der Waals surface area (Å²) in [6.07, 6.45) is -0.111. The fourth-order valence-corrected chi connectivity index (χ4v) is 2.06. The molecule has 0 radical (unpaired) electrons. The van der Waals surface area contributed by atoms with E-state index in [-0.39, 0.29) is 6.10 Å². The number of hydrogen-bond acceptors (Lipinski definition) is 2. The summed E-state index contributed by atoms with van der Waals surface area (Å²) >= 11 is 6.07. The molecular formula is C12H17ClO2. The normalized spacial score (nSPS) is 15.0. The standard InChI is InChI=1S/C12H17ClO2/c1-4-10(15-3)12(14)11-8(2)6-5-7-9(11)13/h5-7,10,12,14H,4H2,1-3H3/t10-,12+/m0/s1. The molecule has 15 heavy (non-hydrogen) atoms. The first-order chi connectivity index (χ1) is 7.11. The zero-order chi connectivity index (χ0) is 11.4. The van der Waals surface area contributed by atoms with Crippen LogP contribution in [-0.2, 0) is 4.74 Å². The first-order valence-corrected chi connectivity index (χ1v) is 5.45. The highest BCUT2D eigenvalue weighted by Crippen LogP contribution is 2.30. The molecule has 1 N–H and O–H groups in total. The number of aliphatic hydroxyl groups excluding tert-OH is 1. The van der Waals surface area contributed by atoms with Crippen LogP contribution < -0.4 is 0 Å². The Morgan fingerprint density at radius 3 is 2.60 bits per heavy atom. The van der Waals surface area contributed by atoms with Crippen LogP contribution >= 0.6 is 11.6 Å². The highest BCUT2D eigenvalue weighted by atomic mass is 35.5. The molecule has 3 heteroatoms. The zero-order valence-corrected chi connectivity index (χ0v) is 10.1. The highest BCUT2D eigenvalue weighted by Gasteiger charge is 2.22. The van der Waals surface area contributed by atoms with Gasteiger partial charge in [-0.25, -0.2) is 0 Å². The lowest BCUT2D eigenvalue weighted by molar-refractivity contribution is -0.0151. The summed E-state index contributed by atoms with van der Waals surface area (Å²) in [5.41, 5.74) is 1.76. The van der Waals surface area contributed by atoms with Gasteiger partial charge in [-0.15, -0.1) is 0 Å². The van der Waals surface area contributed by atoms with Gasteiger partial charge in [0.05, 0.1) is 6.10 Å². The third-order valence-electron chi connectivity index (χ3n) is 2.62. The second-order valence-electron chi connectivity index (χ2n) is 3.60. The number of halogens is 1. The first-order valence-electron chi connectivity index (χ1n) is 5.07. The molecule has 0 fully saturated rings. The van der Waals surface area contributed by atoms with Crippen molar-refractivity contribution in [2.24, 2.45) is 0 Å². The highest BCUT2D eigenvalue weighted by molar-refractivity contribution is 6.31. The van der Waals surface area contributed by atoms with Gasteiger partial charge in [0.25, 0.3) is 0 Å². The van der Waals surface area contributed by atoms with Crippen LogP contribution in [0, 0.1) is 6.92 Å². The van der Waals surface area contributed by atoms with Crippen LogP contribution in [-0.4, -0.2) is 18.3 Å². The van der Waals surface area contributed by atoms with Crippen molar-refractivity contribution < 1.29 is 9.84 Å². The van der Waals surface area contributed by atoms with Gasteiger partial charge < -0.3 is 9.84 Å². The summed E-state index contributed by atoms with van der Waals surface area (Å²) in [5, 5.41) is 10.7. The van der Waals surface area contributed by atoms with Gasteiger partial charge in [-0.3, -0.25) is 0 Å². The van der Waals surface area contributed by atoms with Crippen molar-refractivity contribution in [2.45, 2.75) is 32.5 Å². The van der Waals surface area contributed by atoms with Crippen molar-refractivity contribution in [1.82, 2.24) is 0 Å². The molecule has 2 nitrogen and oxygen atoms in total. The molecule has 1 aromatic rings. The van der Waals surface area contributed by atoms with Gasteiger partial charge in [0.2, 0.25) is 0 Å². The maximum absolute atomic E-state index is 10.1. The number of methoxy groups -OCH3 is 1. The van der Waals surface area contributed by atoms with Gasteiger partial charge in [0.15, 0.2) is 0 Å². The largest absolute Gasteiger partial charge is 0.386 e. The van der Waals surface area contributed by atoms with Gasteiger partial charge in [-0.2, -0.15) is 0 Å². The van der Waals surface area contributed by atoms with Crippen molar-refractivity contribution >= 4 is 11.6 Å². The molecule has 0 aromatic heterocycles. The van der Waals surface area contributed by atoms with E-state index in [4.69, 9.17) is 16.3 Å². The third kappa shape index (κ3) is 2.71. The lowest BCUT2D eigenvalue weighted by atomic mass is 9.98. The van der Waals surface area contributed by atoms with E-state index in [1.807, 2.05) is 26.0 Å². The number of benzene rings is 1. The van der Waals surface area contributed by atoms with E-state index < -0.39 is 6.10 Å². The summed E-state index contributed by atoms with van der Waals surface area (Å²) in [7, 11) is 1.60. The minimum Gasteiger partial charge on any atom is -0.386 e. The maximum atomic E-state index is 10.1. The molecule has 0 amide bonds. The molecule has 0 spiro atoms. The van der Waals surface area contributed by atoms with E-state index in [1.165, 1.54) is 0 Å². The molecule has 0 heterocycles. The Morgan fingerprint density at radius 2 is 2.13 bits per heavy atom. The predicted octanol–water partition coefficient (Wildman–Crippen LogP) is 3.11. The fourth-order valence-electron chi connectivity index (χ4n) is 1.72. The quantitative estimate of drug-likeness (QED) is 0.858. The zero-order valence-electron chi connectivity index (χ0n) is 9.33. The van der Waals surface area contributed by atoms with E-state index in [0.717, 1.165) is 17.5 Å². The Hall–Kier alpha value is -0.570. The summed E-state index contributed by atoms with van der Waals surface area (Å²) in [4.78, 5) is 0. The average molecular weight is 229 g/mol. The monoisotopic (exact) mass is 228 g/mol. The number of hydrogen-bond donors (Lipinski definition) is 1. The second-order valence-corrected chi connectivity index (χ2v) is 4.00. The van der Waals surface area contributed by atoms with Gasteiger partial charge in [-0.05, 0) is 25.0 Å². The van der Waals surface area contributed by atoms with Crippen LogP contribution in [0.5, 0.6) is 0 Å². The Balaban J connectivity index is 3.04. The smallest absolute Gasteiger partial charge is 0.107 e. The van der Waals surface area contributed by atoms with Crippen molar-refractivity contribution in [3.05, 3.63) is 34.3 Å².